The molecule has 0 saturated carbocycles. The Hall–Kier alpha value is -3.55. The SMILES string of the molecule is COc1cc(NC(=O)c2c(-c3cccnc3)noc2C)cc(OC)c1OC. The van der Waals surface area contributed by atoms with Gasteiger partial charge in [0, 0.05) is 35.8 Å². The van der Waals surface area contributed by atoms with Crippen LogP contribution in [0, 0.1) is 6.92 Å². The van der Waals surface area contributed by atoms with Crippen LogP contribution in [0.2, 0.25) is 0 Å². The first-order chi connectivity index (χ1) is 13.1. The van der Waals surface area contributed by atoms with Gasteiger partial charge in [-0.05, 0) is 19.1 Å². The smallest absolute Gasteiger partial charge is 0.261 e. The number of aryl methyl sites for hydroxylation is 1. The van der Waals surface area contributed by atoms with Crippen molar-refractivity contribution in [1.82, 2.24) is 10.1 Å². The minimum absolute atomic E-state index is 0.330. The number of benzene rings is 1. The van der Waals surface area contributed by atoms with E-state index in [4.69, 9.17) is 18.7 Å². The Morgan fingerprint density at radius 1 is 1.11 bits per heavy atom. The van der Waals surface area contributed by atoms with Crippen LogP contribution in [0.3, 0.4) is 0 Å². The van der Waals surface area contributed by atoms with Crippen molar-refractivity contribution in [2.45, 2.75) is 6.92 Å². The van der Waals surface area contributed by atoms with Crippen LogP contribution in [0.25, 0.3) is 11.3 Å². The van der Waals surface area contributed by atoms with E-state index in [-0.39, 0.29) is 5.91 Å². The highest BCUT2D eigenvalue weighted by atomic mass is 16.5. The summed E-state index contributed by atoms with van der Waals surface area (Å²) in [5, 5.41) is 6.82. The molecule has 0 radical (unpaired) electrons. The van der Waals surface area contributed by atoms with Gasteiger partial charge in [-0.15, -0.1) is 0 Å². The number of anilines is 1. The van der Waals surface area contributed by atoms with Gasteiger partial charge in [-0.3, -0.25) is 9.78 Å². The van der Waals surface area contributed by atoms with Crippen LogP contribution < -0.4 is 19.5 Å². The van der Waals surface area contributed by atoms with E-state index in [2.05, 4.69) is 15.5 Å². The number of amides is 1. The lowest BCUT2D eigenvalue weighted by Gasteiger charge is -2.14. The van der Waals surface area contributed by atoms with Gasteiger partial charge in [-0.25, -0.2) is 0 Å². The van der Waals surface area contributed by atoms with Gasteiger partial charge in [0.2, 0.25) is 5.75 Å². The van der Waals surface area contributed by atoms with Crippen LogP contribution >= 0.6 is 0 Å². The summed E-state index contributed by atoms with van der Waals surface area (Å²) < 4.78 is 21.1. The lowest BCUT2D eigenvalue weighted by molar-refractivity contribution is 0.102. The molecule has 1 amide bonds. The molecule has 0 aliphatic carbocycles. The molecule has 0 saturated heterocycles. The Bertz CT molecular complexity index is 928. The molecule has 0 fully saturated rings. The third-order valence-corrected chi connectivity index (χ3v) is 3.95. The van der Waals surface area contributed by atoms with Crippen molar-refractivity contribution in [3.63, 3.8) is 0 Å². The summed E-state index contributed by atoms with van der Waals surface area (Å²) in [5.74, 6) is 1.33. The van der Waals surface area contributed by atoms with Gasteiger partial charge in [-0.1, -0.05) is 5.16 Å². The first-order valence-corrected chi connectivity index (χ1v) is 8.07. The molecule has 0 bridgehead atoms. The second-order valence-corrected chi connectivity index (χ2v) is 5.57. The summed E-state index contributed by atoms with van der Waals surface area (Å²) in [6, 6.07) is 6.86. The summed E-state index contributed by atoms with van der Waals surface area (Å²) in [6.07, 6.45) is 3.26. The van der Waals surface area contributed by atoms with Crippen molar-refractivity contribution in [3.8, 4) is 28.5 Å². The number of methoxy groups -OCH3 is 3. The standard InChI is InChI=1S/C19H19N3O5/c1-11-16(17(22-27-11)12-6-5-7-20-10-12)19(23)21-13-8-14(24-2)18(26-4)15(9-13)25-3/h5-10H,1-4H3,(H,21,23). The number of hydrogen-bond donors (Lipinski definition) is 1. The van der Waals surface area contributed by atoms with Gasteiger partial charge in [0.1, 0.15) is 17.0 Å². The lowest BCUT2D eigenvalue weighted by atomic mass is 10.1. The Morgan fingerprint density at radius 3 is 2.37 bits per heavy atom. The molecule has 2 aromatic heterocycles. The third-order valence-electron chi connectivity index (χ3n) is 3.95. The van der Waals surface area contributed by atoms with Crippen LogP contribution in [0.5, 0.6) is 17.2 Å². The van der Waals surface area contributed by atoms with Crippen LogP contribution in [0.15, 0.2) is 41.2 Å². The molecule has 27 heavy (non-hydrogen) atoms. The molecule has 0 aliphatic heterocycles. The molecular formula is C19H19N3O5. The minimum atomic E-state index is -0.373. The lowest BCUT2D eigenvalue weighted by Crippen LogP contribution is -2.14. The van der Waals surface area contributed by atoms with Gasteiger partial charge in [0.05, 0.1) is 21.3 Å². The Kier molecular flexibility index (Phi) is 5.25. The molecule has 3 rings (SSSR count). The molecule has 0 atom stereocenters. The average Bonchev–Trinajstić information content (AvgIpc) is 3.09. The van der Waals surface area contributed by atoms with Crippen molar-refractivity contribution < 1.29 is 23.5 Å². The second-order valence-electron chi connectivity index (χ2n) is 5.57. The zero-order valence-electron chi connectivity index (χ0n) is 15.4. The summed E-state index contributed by atoms with van der Waals surface area (Å²) >= 11 is 0. The molecule has 2 heterocycles. The predicted octanol–water partition coefficient (Wildman–Crippen LogP) is 3.32. The average molecular weight is 369 g/mol. The van der Waals surface area contributed by atoms with E-state index in [1.807, 2.05) is 0 Å². The van der Waals surface area contributed by atoms with Crippen LogP contribution in [0.4, 0.5) is 5.69 Å². The van der Waals surface area contributed by atoms with Crippen molar-refractivity contribution in [2.24, 2.45) is 0 Å². The third kappa shape index (κ3) is 3.55. The monoisotopic (exact) mass is 369 g/mol. The van der Waals surface area contributed by atoms with E-state index in [0.29, 0.717) is 45.5 Å². The summed E-state index contributed by atoms with van der Waals surface area (Å²) in [7, 11) is 4.53. The van der Waals surface area contributed by atoms with E-state index in [9.17, 15) is 4.79 Å². The Morgan fingerprint density at radius 2 is 1.81 bits per heavy atom. The number of ether oxygens (including phenoxy) is 3. The van der Waals surface area contributed by atoms with E-state index >= 15 is 0 Å². The highest BCUT2D eigenvalue weighted by Gasteiger charge is 2.23. The topological polar surface area (TPSA) is 95.7 Å². The molecule has 1 N–H and O–H groups in total. The van der Waals surface area contributed by atoms with Gasteiger partial charge in [0.15, 0.2) is 11.5 Å². The Labute approximate surface area is 156 Å². The van der Waals surface area contributed by atoms with E-state index in [1.165, 1.54) is 21.3 Å². The number of pyridine rings is 1. The minimum Gasteiger partial charge on any atom is -0.493 e. The highest BCUT2D eigenvalue weighted by molar-refractivity contribution is 6.09. The fourth-order valence-electron chi connectivity index (χ4n) is 2.69. The molecular weight excluding hydrogens is 350 g/mol. The number of nitrogens with one attached hydrogen (secondary N) is 1. The normalized spacial score (nSPS) is 10.4. The van der Waals surface area contributed by atoms with Crippen LogP contribution in [0.1, 0.15) is 16.1 Å². The van der Waals surface area contributed by atoms with Crippen LogP contribution in [-0.4, -0.2) is 37.4 Å². The van der Waals surface area contributed by atoms with Crippen molar-refractivity contribution in [2.75, 3.05) is 26.6 Å². The number of carbonyl (C=O) groups excluding carboxylic acids is 1. The van der Waals surface area contributed by atoms with Crippen molar-refractivity contribution in [3.05, 3.63) is 48.0 Å². The van der Waals surface area contributed by atoms with Crippen molar-refractivity contribution in [1.29, 1.82) is 0 Å². The van der Waals surface area contributed by atoms with Gasteiger partial charge in [0.25, 0.3) is 5.91 Å². The summed E-state index contributed by atoms with van der Waals surface area (Å²) in [4.78, 5) is 17.0. The van der Waals surface area contributed by atoms with E-state index < -0.39 is 0 Å². The first-order valence-electron chi connectivity index (χ1n) is 8.07. The fraction of sp³-hybridized carbons (Fsp3) is 0.211. The largest absolute Gasteiger partial charge is 0.493 e. The van der Waals surface area contributed by atoms with E-state index in [1.54, 1.807) is 43.6 Å². The number of hydrogen-bond acceptors (Lipinski definition) is 7. The quantitative estimate of drug-likeness (QED) is 0.712. The number of nitrogens with zero attached hydrogens (tertiary/aromatic N) is 2. The summed E-state index contributed by atoms with van der Waals surface area (Å²) in [6.45, 7) is 1.68. The maximum atomic E-state index is 12.9. The molecule has 8 nitrogen and oxygen atoms in total. The number of rotatable bonds is 6. The zero-order chi connectivity index (χ0) is 19.4. The van der Waals surface area contributed by atoms with Crippen molar-refractivity contribution >= 4 is 11.6 Å². The number of aromatic nitrogens is 2. The summed E-state index contributed by atoms with van der Waals surface area (Å²) in [5.41, 5.74) is 1.92. The van der Waals surface area contributed by atoms with Gasteiger partial charge < -0.3 is 24.1 Å². The van der Waals surface area contributed by atoms with E-state index in [0.717, 1.165) is 0 Å². The maximum absolute atomic E-state index is 12.9. The van der Waals surface area contributed by atoms with Gasteiger partial charge in [-0.2, -0.15) is 0 Å². The molecule has 3 aromatic rings. The zero-order valence-corrected chi connectivity index (χ0v) is 15.4. The molecule has 0 aliphatic rings. The highest BCUT2D eigenvalue weighted by Crippen LogP contribution is 2.40. The van der Waals surface area contributed by atoms with Gasteiger partial charge >= 0.3 is 0 Å². The first kappa shape index (κ1) is 18.2. The molecule has 1 aromatic carbocycles. The Balaban J connectivity index is 1.96. The van der Waals surface area contributed by atoms with Crippen LogP contribution in [-0.2, 0) is 0 Å². The fourth-order valence-corrected chi connectivity index (χ4v) is 2.69. The molecule has 0 unspecified atom stereocenters. The molecule has 0 spiro atoms. The molecule has 140 valence electrons. The second kappa shape index (κ2) is 7.77. The predicted molar refractivity (Wildman–Crippen MR) is 98.5 cm³/mol. The molecule has 8 heteroatoms. The number of carbonyl (C=O) groups is 1. The maximum Gasteiger partial charge on any atom is 0.261 e.